The number of halogens is 1. The molecule has 0 saturated carbocycles. The van der Waals surface area contributed by atoms with Gasteiger partial charge in [0.05, 0.1) is 0 Å². The van der Waals surface area contributed by atoms with Crippen LogP contribution in [0.3, 0.4) is 0 Å². The summed E-state index contributed by atoms with van der Waals surface area (Å²) in [6, 6.07) is 0. The zero-order chi connectivity index (χ0) is 13.5. The molecule has 0 spiro atoms. The molecule has 2 amide bonds. The number of likely N-dealkylation sites (tertiary alicyclic amines) is 1. The summed E-state index contributed by atoms with van der Waals surface area (Å²) < 4.78 is 0. The number of nitrogens with zero attached hydrogens (tertiary/aromatic N) is 1. The minimum atomic E-state index is -0.472. The topological polar surface area (TPSA) is 49.4 Å². The molecule has 0 aromatic rings. The van der Waals surface area contributed by atoms with E-state index in [0.717, 1.165) is 32.2 Å². The van der Waals surface area contributed by atoms with Gasteiger partial charge in [0, 0.05) is 25.6 Å². The summed E-state index contributed by atoms with van der Waals surface area (Å²) in [5.74, 6) is 0.160. The Morgan fingerprint density at radius 2 is 2.00 bits per heavy atom. The Labute approximate surface area is 114 Å². The van der Waals surface area contributed by atoms with Gasteiger partial charge >= 0.3 is 0 Å². The van der Waals surface area contributed by atoms with Crippen molar-refractivity contribution in [1.29, 1.82) is 0 Å². The van der Waals surface area contributed by atoms with E-state index in [1.165, 1.54) is 0 Å². The summed E-state index contributed by atoms with van der Waals surface area (Å²) in [5.41, 5.74) is 0. The molecule has 1 N–H and O–H groups in total. The second-order valence-electron chi connectivity index (χ2n) is 4.86. The third-order valence-corrected chi connectivity index (χ3v) is 3.53. The lowest BCUT2D eigenvalue weighted by atomic mass is 9.95. The highest BCUT2D eigenvalue weighted by atomic mass is 35.5. The second-order valence-corrected chi connectivity index (χ2v) is 5.51. The van der Waals surface area contributed by atoms with Crippen LogP contribution in [0.15, 0.2) is 0 Å². The Bertz CT molecular complexity index is 287. The van der Waals surface area contributed by atoms with E-state index in [9.17, 15) is 9.59 Å². The molecule has 1 saturated heterocycles. The molecule has 1 fully saturated rings. The summed E-state index contributed by atoms with van der Waals surface area (Å²) in [6.07, 6.45) is 3.59. The molecule has 0 bridgehead atoms. The van der Waals surface area contributed by atoms with Gasteiger partial charge in [0.15, 0.2) is 0 Å². The first-order chi connectivity index (χ1) is 8.56. The number of unbranched alkanes of at least 4 members (excludes halogenated alkanes) is 1. The van der Waals surface area contributed by atoms with E-state index in [4.69, 9.17) is 11.6 Å². The molecule has 1 atom stereocenters. The van der Waals surface area contributed by atoms with Crippen molar-refractivity contribution in [1.82, 2.24) is 10.2 Å². The molecule has 0 radical (unpaired) electrons. The number of rotatable bonds is 5. The van der Waals surface area contributed by atoms with Crippen molar-refractivity contribution in [3.8, 4) is 0 Å². The molecule has 1 aliphatic rings. The predicted octanol–water partition coefficient (Wildman–Crippen LogP) is 1.77. The molecule has 0 aliphatic carbocycles. The van der Waals surface area contributed by atoms with Gasteiger partial charge in [-0.3, -0.25) is 9.59 Å². The van der Waals surface area contributed by atoms with Gasteiger partial charge in [0.2, 0.25) is 11.8 Å². The molecule has 0 aromatic heterocycles. The number of carbonyl (C=O) groups is 2. The van der Waals surface area contributed by atoms with Gasteiger partial charge in [0.25, 0.3) is 0 Å². The molecule has 4 nitrogen and oxygen atoms in total. The number of amides is 2. The van der Waals surface area contributed by atoms with Crippen molar-refractivity contribution >= 4 is 23.4 Å². The van der Waals surface area contributed by atoms with E-state index < -0.39 is 5.38 Å². The minimum absolute atomic E-state index is 0.0264. The highest BCUT2D eigenvalue weighted by Crippen LogP contribution is 2.18. The highest BCUT2D eigenvalue weighted by Gasteiger charge is 2.28. The summed E-state index contributed by atoms with van der Waals surface area (Å²) in [6.45, 7) is 5.83. The van der Waals surface area contributed by atoms with Crippen LogP contribution in [0.4, 0.5) is 0 Å². The summed E-state index contributed by atoms with van der Waals surface area (Å²) >= 11 is 5.77. The molecule has 5 heteroatoms. The van der Waals surface area contributed by atoms with Crippen LogP contribution in [0.1, 0.15) is 39.5 Å². The number of hydrogen-bond donors (Lipinski definition) is 1. The van der Waals surface area contributed by atoms with Crippen LogP contribution in [-0.2, 0) is 9.59 Å². The first-order valence-electron chi connectivity index (χ1n) is 6.76. The van der Waals surface area contributed by atoms with Crippen LogP contribution in [0.5, 0.6) is 0 Å². The second kappa shape index (κ2) is 7.62. The van der Waals surface area contributed by atoms with Gasteiger partial charge in [-0.15, -0.1) is 11.6 Å². The predicted molar refractivity (Wildman–Crippen MR) is 72.5 cm³/mol. The zero-order valence-corrected chi connectivity index (χ0v) is 12.0. The number of hydrogen-bond acceptors (Lipinski definition) is 2. The third-order valence-electron chi connectivity index (χ3n) is 3.35. The average Bonchev–Trinajstić information content (AvgIpc) is 2.38. The largest absolute Gasteiger partial charge is 0.356 e. The van der Waals surface area contributed by atoms with Gasteiger partial charge in [-0.25, -0.2) is 0 Å². The molecular formula is C13H23ClN2O2. The van der Waals surface area contributed by atoms with Crippen molar-refractivity contribution in [2.75, 3.05) is 19.6 Å². The van der Waals surface area contributed by atoms with Gasteiger partial charge in [-0.1, -0.05) is 13.3 Å². The van der Waals surface area contributed by atoms with E-state index in [1.54, 1.807) is 11.8 Å². The molecule has 1 heterocycles. The fourth-order valence-electron chi connectivity index (χ4n) is 2.15. The quantitative estimate of drug-likeness (QED) is 0.614. The summed E-state index contributed by atoms with van der Waals surface area (Å²) in [7, 11) is 0. The number of alkyl halides is 1. The zero-order valence-electron chi connectivity index (χ0n) is 11.2. The van der Waals surface area contributed by atoms with Crippen LogP contribution in [0.2, 0.25) is 0 Å². The first kappa shape index (κ1) is 15.3. The Morgan fingerprint density at radius 3 is 2.50 bits per heavy atom. The lowest BCUT2D eigenvalue weighted by molar-refractivity contribution is -0.135. The maximum Gasteiger partial charge on any atom is 0.240 e. The highest BCUT2D eigenvalue weighted by molar-refractivity contribution is 6.30. The Kier molecular flexibility index (Phi) is 6.47. The van der Waals surface area contributed by atoms with E-state index >= 15 is 0 Å². The molecule has 1 aliphatic heterocycles. The van der Waals surface area contributed by atoms with E-state index in [1.807, 2.05) is 0 Å². The molecular weight excluding hydrogens is 252 g/mol. The normalized spacial score (nSPS) is 18.5. The standard InChI is InChI=1S/C13H23ClN2O2/c1-3-4-7-15-12(17)11-5-8-16(9-6-11)13(18)10(2)14/h10-11H,3-9H2,1-2H3,(H,15,17). The van der Waals surface area contributed by atoms with Crippen LogP contribution < -0.4 is 5.32 Å². The van der Waals surface area contributed by atoms with E-state index in [2.05, 4.69) is 12.2 Å². The van der Waals surface area contributed by atoms with Gasteiger partial charge in [0.1, 0.15) is 5.38 Å². The Balaban J connectivity index is 2.30. The SMILES string of the molecule is CCCCNC(=O)C1CCN(C(=O)C(C)Cl)CC1. The minimum Gasteiger partial charge on any atom is -0.356 e. The fourth-order valence-corrected chi connectivity index (χ4v) is 2.28. The van der Waals surface area contributed by atoms with Crippen LogP contribution in [0.25, 0.3) is 0 Å². The van der Waals surface area contributed by atoms with Gasteiger partial charge < -0.3 is 10.2 Å². The Hall–Kier alpha value is -0.770. The summed E-state index contributed by atoms with van der Waals surface area (Å²) in [4.78, 5) is 25.3. The van der Waals surface area contributed by atoms with Crippen molar-refractivity contribution in [3.05, 3.63) is 0 Å². The van der Waals surface area contributed by atoms with Crippen LogP contribution >= 0.6 is 11.6 Å². The monoisotopic (exact) mass is 274 g/mol. The van der Waals surface area contributed by atoms with Crippen LogP contribution in [-0.4, -0.2) is 41.7 Å². The molecule has 18 heavy (non-hydrogen) atoms. The van der Waals surface area contributed by atoms with Gasteiger partial charge in [-0.05, 0) is 26.2 Å². The smallest absolute Gasteiger partial charge is 0.240 e. The van der Waals surface area contributed by atoms with E-state index in [0.29, 0.717) is 13.1 Å². The molecule has 104 valence electrons. The van der Waals surface area contributed by atoms with Crippen molar-refractivity contribution in [2.24, 2.45) is 5.92 Å². The number of nitrogens with one attached hydrogen (secondary N) is 1. The average molecular weight is 275 g/mol. The number of piperidine rings is 1. The third kappa shape index (κ3) is 4.48. The summed E-state index contributed by atoms with van der Waals surface area (Å²) in [5, 5.41) is 2.48. The Morgan fingerprint density at radius 1 is 1.39 bits per heavy atom. The number of carbonyl (C=O) groups excluding carboxylic acids is 2. The maximum absolute atomic E-state index is 11.8. The van der Waals surface area contributed by atoms with Crippen molar-refractivity contribution in [3.63, 3.8) is 0 Å². The van der Waals surface area contributed by atoms with Gasteiger partial charge in [-0.2, -0.15) is 0 Å². The van der Waals surface area contributed by atoms with E-state index in [-0.39, 0.29) is 17.7 Å². The lowest BCUT2D eigenvalue weighted by Gasteiger charge is -2.32. The molecule has 0 aromatic carbocycles. The lowest BCUT2D eigenvalue weighted by Crippen LogP contribution is -2.45. The first-order valence-corrected chi connectivity index (χ1v) is 7.20. The molecule has 1 unspecified atom stereocenters. The van der Waals surface area contributed by atoms with Crippen molar-refractivity contribution in [2.45, 2.75) is 44.9 Å². The fraction of sp³-hybridized carbons (Fsp3) is 0.846. The molecule has 1 rings (SSSR count). The van der Waals surface area contributed by atoms with Crippen LogP contribution in [0, 0.1) is 5.92 Å². The van der Waals surface area contributed by atoms with Crippen molar-refractivity contribution < 1.29 is 9.59 Å². The maximum atomic E-state index is 11.8.